The highest BCUT2D eigenvalue weighted by molar-refractivity contribution is 5.75. The highest BCUT2D eigenvalue weighted by Gasteiger charge is 2.34. The first kappa shape index (κ1) is 44.7. The largest absolute Gasteiger partial charge is 0.491 e. The molecule has 1 aromatic rings. The maximum absolute atomic E-state index is 12.7. The maximum atomic E-state index is 12.7. The van der Waals surface area contributed by atoms with Crippen molar-refractivity contribution in [2.75, 3.05) is 105 Å². The Morgan fingerprint density at radius 1 is 0.577 bits per heavy atom. The summed E-state index contributed by atoms with van der Waals surface area (Å²) in [6.45, 7) is 1.81. The van der Waals surface area contributed by atoms with E-state index in [1.807, 2.05) is 31.2 Å². The summed E-state index contributed by atoms with van der Waals surface area (Å²) in [4.78, 5) is 54.6. The number of nitrogens with zero attached hydrogens (tertiary/aromatic N) is 4. The topological polar surface area (TPSA) is 251 Å². The lowest BCUT2D eigenvalue weighted by molar-refractivity contribution is -0.149. The van der Waals surface area contributed by atoms with Crippen molar-refractivity contribution in [2.45, 2.75) is 50.4 Å². The SMILES string of the molecule is CCOCCOCCOc1ccc(CCC[C@@H](C(=O)O)N2CCN([C@H](CO)C(=O)O)CCN([C@@H](CO)C(=O)O)CCN([C@H](CO)C(=O)O)CC2)cc1. The summed E-state index contributed by atoms with van der Waals surface area (Å²) in [5.74, 6) is -4.43. The number of aliphatic carboxylic acids is 4. The van der Waals surface area contributed by atoms with Gasteiger partial charge in [-0.25, -0.2) is 0 Å². The van der Waals surface area contributed by atoms with Gasteiger partial charge >= 0.3 is 23.9 Å². The molecule has 52 heavy (non-hydrogen) atoms. The van der Waals surface area contributed by atoms with Crippen molar-refractivity contribution in [3.8, 4) is 5.75 Å². The van der Waals surface area contributed by atoms with Crippen molar-refractivity contribution in [2.24, 2.45) is 0 Å². The average molecular weight is 745 g/mol. The van der Waals surface area contributed by atoms with E-state index in [2.05, 4.69) is 0 Å². The van der Waals surface area contributed by atoms with Crippen LogP contribution in [0.15, 0.2) is 24.3 Å². The molecule has 7 N–H and O–H groups in total. The van der Waals surface area contributed by atoms with Crippen LogP contribution in [0.4, 0.5) is 0 Å². The van der Waals surface area contributed by atoms with Crippen molar-refractivity contribution >= 4 is 23.9 Å². The van der Waals surface area contributed by atoms with Crippen LogP contribution < -0.4 is 4.74 Å². The molecule has 2 rings (SSSR count). The van der Waals surface area contributed by atoms with Crippen LogP contribution in [0, 0.1) is 0 Å². The third-order valence-electron chi connectivity index (χ3n) is 9.06. The minimum Gasteiger partial charge on any atom is -0.491 e. The number of rotatable bonds is 23. The molecule has 1 saturated heterocycles. The molecule has 0 unspecified atom stereocenters. The van der Waals surface area contributed by atoms with E-state index in [1.54, 1.807) is 4.90 Å². The summed E-state index contributed by atoms with van der Waals surface area (Å²) >= 11 is 0. The fraction of sp³-hybridized carbons (Fsp3) is 0.706. The van der Waals surface area contributed by atoms with Crippen LogP contribution in [-0.2, 0) is 35.1 Å². The van der Waals surface area contributed by atoms with E-state index in [9.17, 15) is 54.9 Å². The van der Waals surface area contributed by atoms with Crippen molar-refractivity contribution in [3.05, 3.63) is 29.8 Å². The van der Waals surface area contributed by atoms with Gasteiger partial charge in [-0.1, -0.05) is 12.1 Å². The quantitative estimate of drug-likeness (QED) is 0.0627. The molecule has 296 valence electrons. The fourth-order valence-electron chi connectivity index (χ4n) is 6.07. The van der Waals surface area contributed by atoms with Gasteiger partial charge in [0.05, 0.1) is 39.6 Å². The molecule has 1 heterocycles. The number of aliphatic hydroxyl groups is 3. The van der Waals surface area contributed by atoms with E-state index in [4.69, 9.17) is 14.2 Å². The number of carboxylic acids is 4. The van der Waals surface area contributed by atoms with Gasteiger partial charge in [-0.15, -0.1) is 0 Å². The van der Waals surface area contributed by atoms with E-state index < -0.39 is 67.9 Å². The molecule has 0 aliphatic carbocycles. The second-order valence-corrected chi connectivity index (χ2v) is 12.3. The van der Waals surface area contributed by atoms with Gasteiger partial charge in [0.15, 0.2) is 0 Å². The minimum atomic E-state index is -1.38. The van der Waals surface area contributed by atoms with Crippen molar-refractivity contribution < 1.29 is 69.1 Å². The Bertz CT molecular complexity index is 1170. The fourth-order valence-corrected chi connectivity index (χ4v) is 6.07. The molecule has 18 heteroatoms. The summed E-state index contributed by atoms with van der Waals surface area (Å²) < 4.78 is 16.4. The third-order valence-corrected chi connectivity index (χ3v) is 9.06. The monoisotopic (exact) mass is 744 g/mol. The van der Waals surface area contributed by atoms with E-state index >= 15 is 0 Å². The maximum Gasteiger partial charge on any atom is 0.323 e. The Hall–Kier alpha value is -3.46. The van der Waals surface area contributed by atoms with Gasteiger partial charge in [0.25, 0.3) is 0 Å². The average Bonchev–Trinajstić information content (AvgIpc) is 3.10. The lowest BCUT2D eigenvalue weighted by atomic mass is 10.0. The Morgan fingerprint density at radius 3 is 1.31 bits per heavy atom. The summed E-state index contributed by atoms with van der Waals surface area (Å²) in [6, 6.07) is 2.29. The van der Waals surface area contributed by atoms with Gasteiger partial charge in [0, 0.05) is 59.0 Å². The van der Waals surface area contributed by atoms with Crippen molar-refractivity contribution in [3.63, 3.8) is 0 Å². The highest BCUT2D eigenvalue weighted by Crippen LogP contribution is 2.17. The first-order valence-corrected chi connectivity index (χ1v) is 17.5. The third kappa shape index (κ3) is 15.3. The van der Waals surface area contributed by atoms with E-state index in [0.717, 1.165) is 5.56 Å². The van der Waals surface area contributed by atoms with Crippen molar-refractivity contribution in [1.29, 1.82) is 0 Å². The Kier molecular flexibility index (Phi) is 21.2. The molecular weight excluding hydrogens is 688 g/mol. The molecule has 1 aliphatic rings. The van der Waals surface area contributed by atoms with Crippen LogP contribution in [0.1, 0.15) is 25.3 Å². The first-order valence-electron chi connectivity index (χ1n) is 17.5. The van der Waals surface area contributed by atoms with Gasteiger partial charge in [0.1, 0.15) is 36.5 Å². The van der Waals surface area contributed by atoms with Crippen LogP contribution in [0.2, 0.25) is 0 Å². The molecule has 0 amide bonds. The predicted octanol–water partition coefficient (Wildman–Crippen LogP) is -1.55. The second kappa shape index (κ2) is 24.7. The molecule has 0 aromatic heterocycles. The highest BCUT2D eigenvalue weighted by atomic mass is 16.5. The molecule has 0 bridgehead atoms. The summed E-state index contributed by atoms with van der Waals surface area (Å²) in [5, 5.41) is 69.5. The standard InChI is InChI=1S/C34H56N4O14/c1-2-50-18-19-51-20-21-52-26-8-6-25(7-9-26)4-3-5-27(31(42)43)35-10-12-36(28(22-39)32(44)45)14-16-38(30(24-41)34(48)49)17-15-37(13-11-35)29(23-40)33(46)47/h6-9,27-30,39-41H,2-5,10-24H2,1H3,(H,42,43)(H,44,45)(H,46,47)(H,48,49)/t27-,28+,29+,30-/m0/s1. The Balaban J connectivity index is 2.22. The number of hydrogen-bond acceptors (Lipinski definition) is 14. The van der Waals surface area contributed by atoms with Crippen LogP contribution >= 0.6 is 0 Å². The molecule has 1 aliphatic heterocycles. The normalized spacial score (nSPS) is 18.4. The van der Waals surface area contributed by atoms with E-state index in [-0.39, 0.29) is 58.8 Å². The zero-order valence-corrected chi connectivity index (χ0v) is 29.8. The smallest absolute Gasteiger partial charge is 0.323 e. The molecular formula is C34H56N4O14. The Labute approximate surface area is 303 Å². The molecule has 1 fully saturated rings. The Morgan fingerprint density at radius 2 is 0.942 bits per heavy atom. The second-order valence-electron chi connectivity index (χ2n) is 12.3. The summed E-state index contributed by atoms with van der Waals surface area (Å²) in [5.41, 5.74) is 0.960. The molecule has 4 atom stereocenters. The van der Waals surface area contributed by atoms with E-state index in [0.29, 0.717) is 51.6 Å². The zero-order chi connectivity index (χ0) is 38.5. The van der Waals surface area contributed by atoms with Crippen molar-refractivity contribution in [1.82, 2.24) is 19.6 Å². The van der Waals surface area contributed by atoms with Crippen LogP contribution in [0.25, 0.3) is 0 Å². The van der Waals surface area contributed by atoms with Gasteiger partial charge in [-0.05, 0) is 43.9 Å². The first-order chi connectivity index (χ1) is 25.0. The van der Waals surface area contributed by atoms with Gasteiger partial charge < -0.3 is 50.0 Å². The van der Waals surface area contributed by atoms with Gasteiger partial charge in [-0.2, -0.15) is 0 Å². The minimum absolute atomic E-state index is 0.0204. The molecule has 0 radical (unpaired) electrons. The lowest BCUT2D eigenvalue weighted by Gasteiger charge is -2.39. The molecule has 1 aromatic carbocycles. The number of benzene rings is 1. The number of carboxylic acid groups (broad SMARTS) is 4. The van der Waals surface area contributed by atoms with E-state index in [1.165, 1.54) is 14.7 Å². The van der Waals surface area contributed by atoms with Gasteiger partial charge in [-0.3, -0.25) is 38.8 Å². The van der Waals surface area contributed by atoms with Gasteiger partial charge in [0.2, 0.25) is 0 Å². The summed E-state index contributed by atoms with van der Waals surface area (Å²) in [7, 11) is 0. The number of ether oxygens (including phenoxy) is 3. The lowest BCUT2D eigenvalue weighted by Crippen LogP contribution is -2.57. The van der Waals surface area contributed by atoms with Crippen LogP contribution in [0.5, 0.6) is 5.75 Å². The summed E-state index contributed by atoms with van der Waals surface area (Å²) in [6.07, 6.45) is 1.24. The molecule has 18 nitrogen and oxygen atoms in total. The zero-order valence-electron chi connectivity index (χ0n) is 29.8. The van der Waals surface area contributed by atoms with Crippen LogP contribution in [0.3, 0.4) is 0 Å². The number of aryl methyl sites for hydroxylation is 1. The predicted molar refractivity (Wildman–Crippen MR) is 185 cm³/mol. The molecule has 0 spiro atoms. The number of hydrogen-bond donors (Lipinski definition) is 7. The molecule has 0 saturated carbocycles. The number of carbonyl (C=O) groups is 4. The van der Waals surface area contributed by atoms with Crippen LogP contribution in [-0.4, -0.2) is 209 Å². The number of aliphatic hydroxyl groups excluding tert-OH is 3.